The van der Waals surface area contributed by atoms with Gasteiger partial charge in [-0.15, -0.1) is 0 Å². The normalized spacial score (nSPS) is 18.7. The number of piperidine rings is 1. The second-order valence-corrected chi connectivity index (χ2v) is 5.64. The molecule has 0 aliphatic carbocycles. The zero-order valence-electron chi connectivity index (χ0n) is 12.4. The summed E-state index contributed by atoms with van der Waals surface area (Å²) in [5.41, 5.74) is 0. The Bertz CT molecular complexity index is 263. The van der Waals surface area contributed by atoms with Crippen LogP contribution in [0.3, 0.4) is 0 Å². The first-order valence-electron chi connectivity index (χ1n) is 7.35. The second-order valence-electron chi connectivity index (χ2n) is 5.64. The van der Waals surface area contributed by atoms with Gasteiger partial charge in [0.25, 0.3) is 0 Å². The number of amides is 1. The monoisotopic (exact) mass is 272 g/mol. The summed E-state index contributed by atoms with van der Waals surface area (Å²) in [6, 6.07) is 0.556. The minimum absolute atomic E-state index is 0.166. The summed E-state index contributed by atoms with van der Waals surface area (Å²) in [6.07, 6.45) is 2.62. The highest BCUT2D eigenvalue weighted by atomic mass is 16.6. The van der Waals surface area contributed by atoms with Gasteiger partial charge in [0.05, 0.1) is 13.2 Å². The zero-order valence-corrected chi connectivity index (χ0v) is 12.4. The molecule has 5 heteroatoms. The third kappa shape index (κ3) is 5.78. The van der Waals surface area contributed by atoms with E-state index in [1.807, 2.05) is 6.92 Å². The number of carbonyl (C=O) groups excluding carboxylic acids is 1. The average molecular weight is 272 g/mol. The number of aliphatic hydroxyl groups excluding tert-OH is 1. The van der Waals surface area contributed by atoms with E-state index < -0.39 is 0 Å². The van der Waals surface area contributed by atoms with Crippen LogP contribution in [0.25, 0.3) is 0 Å². The van der Waals surface area contributed by atoms with Crippen LogP contribution in [0.15, 0.2) is 0 Å². The Morgan fingerprint density at radius 2 is 2.05 bits per heavy atom. The SMILES string of the molecule is CCOC(=O)N1CCC(NC(CO)CC(C)C)CC1. The summed E-state index contributed by atoms with van der Waals surface area (Å²) in [5, 5.41) is 12.9. The Morgan fingerprint density at radius 1 is 1.42 bits per heavy atom. The van der Waals surface area contributed by atoms with Crippen molar-refractivity contribution in [3.05, 3.63) is 0 Å². The number of ether oxygens (including phenoxy) is 1. The number of nitrogens with zero attached hydrogens (tertiary/aromatic N) is 1. The van der Waals surface area contributed by atoms with Crippen LogP contribution in [-0.2, 0) is 4.74 Å². The summed E-state index contributed by atoms with van der Waals surface area (Å²) in [6.45, 7) is 8.21. The number of aliphatic hydroxyl groups is 1. The van der Waals surface area contributed by atoms with E-state index >= 15 is 0 Å². The van der Waals surface area contributed by atoms with E-state index in [1.54, 1.807) is 4.90 Å². The lowest BCUT2D eigenvalue weighted by atomic mass is 10.00. The number of rotatable bonds is 6. The number of hydrogen-bond donors (Lipinski definition) is 2. The fourth-order valence-corrected chi connectivity index (χ4v) is 2.54. The molecule has 0 bridgehead atoms. The molecule has 1 rings (SSSR count). The number of nitrogens with one attached hydrogen (secondary N) is 1. The molecule has 1 amide bonds. The molecule has 0 aromatic carbocycles. The highest BCUT2D eigenvalue weighted by Gasteiger charge is 2.25. The first-order valence-corrected chi connectivity index (χ1v) is 7.35. The molecule has 0 radical (unpaired) electrons. The van der Waals surface area contributed by atoms with E-state index in [4.69, 9.17) is 4.74 Å². The molecule has 1 saturated heterocycles. The molecule has 5 nitrogen and oxygen atoms in total. The van der Waals surface area contributed by atoms with Gasteiger partial charge in [-0.05, 0) is 32.1 Å². The third-order valence-corrected chi connectivity index (χ3v) is 3.47. The minimum atomic E-state index is -0.207. The first kappa shape index (κ1) is 16.2. The first-order chi connectivity index (χ1) is 9.06. The van der Waals surface area contributed by atoms with Crippen molar-refractivity contribution < 1.29 is 14.6 Å². The standard InChI is InChI=1S/C14H28N2O3/c1-4-19-14(18)16-7-5-12(6-8-16)15-13(10-17)9-11(2)3/h11-13,15,17H,4-10H2,1-3H3. The van der Waals surface area contributed by atoms with Gasteiger partial charge in [0, 0.05) is 25.2 Å². The van der Waals surface area contributed by atoms with E-state index in [1.165, 1.54) is 0 Å². The molecule has 0 saturated carbocycles. The lowest BCUT2D eigenvalue weighted by molar-refractivity contribution is 0.0923. The quantitative estimate of drug-likeness (QED) is 0.771. The Kier molecular flexibility index (Phi) is 7.16. The second kappa shape index (κ2) is 8.38. The van der Waals surface area contributed by atoms with E-state index in [-0.39, 0.29) is 18.7 Å². The van der Waals surface area contributed by atoms with Crippen LogP contribution >= 0.6 is 0 Å². The van der Waals surface area contributed by atoms with Gasteiger partial charge < -0.3 is 20.1 Å². The predicted molar refractivity (Wildman–Crippen MR) is 75.1 cm³/mol. The fourth-order valence-electron chi connectivity index (χ4n) is 2.54. The maximum atomic E-state index is 11.6. The van der Waals surface area contributed by atoms with Gasteiger partial charge in [-0.3, -0.25) is 0 Å². The predicted octanol–water partition coefficient (Wildman–Crippen LogP) is 1.60. The lowest BCUT2D eigenvalue weighted by Crippen LogP contribution is -2.49. The van der Waals surface area contributed by atoms with Crippen molar-refractivity contribution in [1.82, 2.24) is 10.2 Å². The highest BCUT2D eigenvalue weighted by molar-refractivity contribution is 5.67. The molecule has 0 spiro atoms. The average Bonchev–Trinajstić information content (AvgIpc) is 2.38. The molecule has 0 aromatic heterocycles. The van der Waals surface area contributed by atoms with Crippen LogP contribution in [0.5, 0.6) is 0 Å². The van der Waals surface area contributed by atoms with Crippen molar-refractivity contribution in [2.45, 2.75) is 52.1 Å². The topological polar surface area (TPSA) is 61.8 Å². The van der Waals surface area contributed by atoms with Gasteiger partial charge >= 0.3 is 6.09 Å². The van der Waals surface area contributed by atoms with E-state index in [2.05, 4.69) is 19.2 Å². The Balaban J connectivity index is 2.31. The molecule has 1 atom stereocenters. The van der Waals surface area contributed by atoms with Gasteiger partial charge in [-0.25, -0.2) is 4.79 Å². The van der Waals surface area contributed by atoms with Crippen LogP contribution in [0.4, 0.5) is 4.79 Å². The fraction of sp³-hybridized carbons (Fsp3) is 0.929. The molecule has 19 heavy (non-hydrogen) atoms. The van der Waals surface area contributed by atoms with Gasteiger partial charge in [-0.1, -0.05) is 13.8 Å². The van der Waals surface area contributed by atoms with Crippen LogP contribution in [0.2, 0.25) is 0 Å². The summed E-state index contributed by atoms with van der Waals surface area (Å²) in [5.74, 6) is 0.573. The van der Waals surface area contributed by atoms with Crippen molar-refractivity contribution in [1.29, 1.82) is 0 Å². The van der Waals surface area contributed by atoms with Crippen molar-refractivity contribution in [3.8, 4) is 0 Å². The zero-order chi connectivity index (χ0) is 14.3. The highest BCUT2D eigenvalue weighted by Crippen LogP contribution is 2.14. The molecule has 1 unspecified atom stereocenters. The Labute approximate surface area is 116 Å². The molecular formula is C14H28N2O3. The number of carbonyl (C=O) groups is 1. The van der Waals surface area contributed by atoms with Crippen LogP contribution in [-0.4, -0.2) is 54.5 Å². The van der Waals surface area contributed by atoms with Crippen molar-refractivity contribution >= 4 is 6.09 Å². The van der Waals surface area contributed by atoms with E-state index in [0.29, 0.717) is 18.6 Å². The summed E-state index contributed by atoms with van der Waals surface area (Å²) >= 11 is 0. The lowest BCUT2D eigenvalue weighted by Gasteiger charge is -2.34. The van der Waals surface area contributed by atoms with Crippen LogP contribution < -0.4 is 5.32 Å². The summed E-state index contributed by atoms with van der Waals surface area (Å²) < 4.78 is 5.00. The molecular weight excluding hydrogens is 244 g/mol. The van der Waals surface area contributed by atoms with Crippen molar-refractivity contribution in [3.63, 3.8) is 0 Å². The van der Waals surface area contributed by atoms with E-state index in [0.717, 1.165) is 32.4 Å². The van der Waals surface area contributed by atoms with Crippen molar-refractivity contribution in [2.24, 2.45) is 5.92 Å². The van der Waals surface area contributed by atoms with Crippen molar-refractivity contribution in [2.75, 3.05) is 26.3 Å². The largest absolute Gasteiger partial charge is 0.450 e. The van der Waals surface area contributed by atoms with Gasteiger partial charge in [0.15, 0.2) is 0 Å². The summed E-state index contributed by atoms with van der Waals surface area (Å²) in [4.78, 5) is 13.3. The Hall–Kier alpha value is -0.810. The molecule has 1 heterocycles. The molecule has 1 aliphatic heterocycles. The summed E-state index contributed by atoms with van der Waals surface area (Å²) in [7, 11) is 0. The van der Waals surface area contributed by atoms with Gasteiger partial charge in [-0.2, -0.15) is 0 Å². The van der Waals surface area contributed by atoms with E-state index in [9.17, 15) is 9.90 Å². The molecule has 0 aromatic rings. The van der Waals surface area contributed by atoms with Gasteiger partial charge in [0.1, 0.15) is 0 Å². The molecule has 2 N–H and O–H groups in total. The number of likely N-dealkylation sites (tertiary alicyclic amines) is 1. The van der Waals surface area contributed by atoms with Crippen LogP contribution in [0, 0.1) is 5.92 Å². The van der Waals surface area contributed by atoms with Crippen LogP contribution in [0.1, 0.15) is 40.0 Å². The molecule has 112 valence electrons. The minimum Gasteiger partial charge on any atom is -0.450 e. The molecule has 1 fully saturated rings. The maximum absolute atomic E-state index is 11.6. The number of hydrogen-bond acceptors (Lipinski definition) is 4. The third-order valence-electron chi connectivity index (χ3n) is 3.47. The smallest absolute Gasteiger partial charge is 0.409 e. The Morgan fingerprint density at radius 3 is 2.53 bits per heavy atom. The van der Waals surface area contributed by atoms with Gasteiger partial charge in [0.2, 0.25) is 0 Å². The maximum Gasteiger partial charge on any atom is 0.409 e. The molecule has 1 aliphatic rings.